The van der Waals surface area contributed by atoms with E-state index in [9.17, 15) is 0 Å². The first-order chi connectivity index (χ1) is 7.79. The first-order valence-corrected chi connectivity index (χ1v) is 6.01. The second kappa shape index (κ2) is 5.30. The van der Waals surface area contributed by atoms with Gasteiger partial charge in [-0.05, 0) is 37.4 Å². The van der Waals surface area contributed by atoms with Crippen LogP contribution in [0.4, 0.5) is 0 Å². The summed E-state index contributed by atoms with van der Waals surface area (Å²) in [6.45, 7) is 3.42. The molecule has 1 saturated heterocycles. The number of pyridine rings is 1. The molecule has 2 unspecified atom stereocenters. The summed E-state index contributed by atoms with van der Waals surface area (Å²) in [5.41, 5.74) is 1.07. The van der Waals surface area contributed by atoms with Crippen molar-refractivity contribution < 1.29 is 4.74 Å². The minimum absolute atomic E-state index is 0.556. The van der Waals surface area contributed by atoms with Gasteiger partial charge in [-0.2, -0.15) is 0 Å². The van der Waals surface area contributed by atoms with Gasteiger partial charge in [-0.25, -0.2) is 0 Å². The second-order valence-corrected chi connectivity index (χ2v) is 4.64. The van der Waals surface area contributed by atoms with E-state index in [2.05, 4.69) is 17.2 Å². The maximum Gasteiger partial charge on any atom is 0.140 e. The standard InChI is InChI=1S/C13H20N2O/c1-10-5-6-11(15-9-10)8-12-13(16-2)4-3-7-14-12/h3-4,7,10-11,15H,5-6,8-9H2,1-2H3. The summed E-state index contributed by atoms with van der Waals surface area (Å²) >= 11 is 0. The van der Waals surface area contributed by atoms with Crippen LogP contribution in [0.25, 0.3) is 0 Å². The SMILES string of the molecule is COc1cccnc1CC1CCC(C)CN1. The van der Waals surface area contributed by atoms with Crippen LogP contribution in [0.2, 0.25) is 0 Å². The van der Waals surface area contributed by atoms with Crippen molar-refractivity contribution in [1.82, 2.24) is 10.3 Å². The maximum atomic E-state index is 5.32. The molecule has 0 spiro atoms. The molecular weight excluding hydrogens is 200 g/mol. The van der Waals surface area contributed by atoms with Gasteiger partial charge in [-0.1, -0.05) is 6.92 Å². The summed E-state index contributed by atoms with van der Waals surface area (Å²) in [7, 11) is 1.71. The Morgan fingerprint density at radius 1 is 1.50 bits per heavy atom. The average molecular weight is 220 g/mol. The smallest absolute Gasteiger partial charge is 0.140 e. The number of ether oxygens (including phenoxy) is 1. The van der Waals surface area contributed by atoms with Crippen molar-refractivity contribution in [2.24, 2.45) is 5.92 Å². The van der Waals surface area contributed by atoms with Crippen LogP contribution in [0.3, 0.4) is 0 Å². The third kappa shape index (κ3) is 2.73. The number of aromatic nitrogens is 1. The number of hydrogen-bond acceptors (Lipinski definition) is 3. The minimum Gasteiger partial charge on any atom is -0.495 e. The monoisotopic (exact) mass is 220 g/mol. The molecule has 16 heavy (non-hydrogen) atoms. The number of hydrogen-bond donors (Lipinski definition) is 1. The van der Waals surface area contributed by atoms with Crippen molar-refractivity contribution in [3.8, 4) is 5.75 Å². The molecule has 2 atom stereocenters. The molecule has 0 bridgehead atoms. The van der Waals surface area contributed by atoms with Crippen molar-refractivity contribution in [3.63, 3.8) is 0 Å². The lowest BCUT2D eigenvalue weighted by Crippen LogP contribution is -2.39. The largest absolute Gasteiger partial charge is 0.495 e. The Hall–Kier alpha value is -1.09. The van der Waals surface area contributed by atoms with E-state index in [0.29, 0.717) is 6.04 Å². The van der Waals surface area contributed by atoms with E-state index in [-0.39, 0.29) is 0 Å². The molecule has 1 aliphatic heterocycles. The van der Waals surface area contributed by atoms with Gasteiger partial charge in [0.05, 0.1) is 12.8 Å². The Bertz CT molecular complexity index is 332. The van der Waals surface area contributed by atoms with Crippen molar-refractivity contribution in [2.75, 3.05) is 13.7 Å². The molecule has 2 heterocycles. The Labute approximate surface area is 97.2 Å². The van der Waals surface area contributed by atoms with Gasteiger partial charge in [0.2, 0.25) is 0 Å². The van der Waals surface area contributed by atoms with Gasteiger partial charge in [0, 0.05) is 18.7 Å². The van der Waals surface area contributed by atoms with Crippen LogP contribution in [-0.2, 0) is 6.42 Å². The van der Waals surface area contributed by atoms with Gasteiger partial charge in [0.1, 0.15) is 5.75 Å². The number of piperidine rings is 1. The lowest BCUT2D eigenvalue weighted by atomic mass is 9.93. The van der Waals surface area contributed by atoms with Crippen LogP contribution < -0.4 is 10.1 Å². The van der Waals surface area contributed by atoms with E-state index >= 15 is 0 Å². The zero-order valence-corrected chi connectivity index (χ0v) is 10.1. The van der Waals surface area contributed by atoms with Crippen molar-refractivity contribution in [1.29, 1.82) is 0 Å². The molecule has 2 rings (SSSR count). The van der Waals surface area contributed by atoms with E-state index in [4.69, 9.17) is 4.74 Å². The summed E-state index contributed by atoms with van der Waals surface area (Å²) in [4.78, 5) is 4.40. The van der Waals surface area contributed by atoms with Crippen molar-refractivity contribution >= 4 is 0 Å². The fourth-order valence-corrected chi connectivity index (χ4v) is 2.23. The van der Waals surface area contributed by atoms with E-state index in [1.807, 2.05) is 18.3 Å². The summed E-state index contributed by atoms with van der Waals surface area (Å²) in [6, 6.07) is 4.45. The van der Waals surface area contributed by atoms with E-state index in [1.54, 1.807) is 7.11 Å². The van der Waals surface area contributed by atoms with Crippen molar-refractivity contribution in [3.05, 3.63) is 24.0 Å². The third-order valence-electron chi connectivity index (χ3n) is 3.27. The molecule has 0 aromatic carbocycles. The molecular formula is C13H20N2O. The molecule has 3 heteroatoms. The third-order valence-corrected chi connectivity index (χ3v) is 3.27. The van der Waals surface area contributed by atoms with E-state index in [1.165, 1.54) is 12.8 Å². The Kier molecular flexibility index (Phi) is 3.78. The van der Waals surface area contributed by atoms with Crippen LogP contribution in [0.1, 0.15) is 25.5 Å². The fourth-order valence-electron chi connectivity index (χ4n) is 2.23. The molecule has 0 amide bonds. The summed E-state index contributed by atoms with van der Waals surface area (Å²) in [6.07, 6.45) is 5.35. The number of nitrogens with one attached hydrogen (secondary N) is 1. The van der Waals surface area contributed by atoms with Crippen LogP contribution in [0.5, 0.6) is 5.75 Å². The molecule has 1 aliphatic rings. The van der Waals surface area contributed by atoms with Crippen molar-refractivity contribution in [2.45, 2.75) is 32.2 Å². The van der Waals surface area contributed by atoms with E-state index in [0.717, 1.165) is 30.3 Å². The second-order valence-electron chi connectivity index (χ2n) is 4.64. The molecule has 88 valence electrons. The highest BCUT2D eigenvalue weighted by Gasteiger charge is 2.19. The molecule has 0 saturated carbocycles. The topological polar surface area (TPSA) is 34.1 Å². The molecule has 1 fully saturated rings. The van der Waals surface area contributed by atoms with E-state index < -0.39 is 0 Å². The zero-order valence-electron chi connectivity index (χ0n) is 10.1. The van der Waals surface area contributed by atoms with Gasteiger partial charge >= 0.3 is 0 Å². The summed E-state index contributed by atoms with van der Waals surface area (Å²) < 4.78 is 5.32. The summed E-state index contributed by atoms with van der Waals surface area (Å²) in [5, 5.41) is 3.57. The highest BCUT2D eigenvalue weighted by atomic mass is 16.5. The predicted octanol–water partition coefficient (Wildman–Crippen LogP) is 2.02. The highest BCUT2D eigenvalue weighted by molar-refractivity contribution is 5.27. The fraction of sp³-hybridized carbons (Fsp3) is 0.615. The minimum atomic E-state index is 0.556. The van der Waals surface area contributed by atoms with Gasteiger partial charge in [0.25, 0.3) is 0 Å². The molecule has 0 aliphatic carbocycles. The lowest BCUT2D eigenvalue weighted by molar-refractivity contribution is 0.321. The van der Waals surface area contributed by atoms with Crippen LogP contribution in [0.15, 0.2) is 18.3 Å². The number of nitrogens with zero attached hydrogens (tertiary/aromatic N) is 1. The normalized spacial score (nSPS) is 25.4. The zero-order chi connectivity index (χ0) is 11.4. The van der Waals surface area contributed by atoms with Crippen LogP contribution in [0, 0.1) is 5.92 Å². The molecule has 1 aromatic heterocycles. The van der Waals surface area contributed by atoms with Gasteiger partial charge in [0.15, 0.2) is 0 Å². The maximum absolute atomic E-state index is 5.32. The van der Waals surface area contributed by atoms with Crippen LogP contribution in [-0.4, -0.2) is 24.7 Å². The first kappa shape index (κ1) is 11.4. The predicted molar refractivity (Wildman–Crippen MR) is 64.7 cm³/mol. The summed E-state index contributed by atoms with van der Waals surface area (Å²) in [5.74, 6) is 1.71. The highest BCUT2D eigenvalue weighted by Crippen LogP contribution is 2.20. The molecule has 1 aromatic rings. The van der Waals surface area contributed by atoms with Gasteiger partial charge in [-0.15, -0.1) is 0 Å². The Balaban J connectivity index is 1.98. The Morgan fingerprint density at radius 3 is 3.06 bits per heavy atom. The number of methoxy groups -OCH3 is 1. The van der Waals surface area contributed by atoms with Gasteiger partial charge in [-0.3, -0.25) is 4.98 Å². The van der Waals surface area contributed by atoms with Gasteiger partial charge < -0.3 is 10.1 Å². The molecule has 1 N–H and O–H groups in total. The molecule has 3 nitrogen and oxygen atoms in total. The molecule has 0 radical (unpaired) electrons. The quantitative estimate of drug-likeness (QED) is 0.846. The average Bonchev–Trinajstić information content (AvgIpc) is 2.33. The Morgan fingerprint density at radius 2 is 2.38 bits per heavy atom. The first-order valence-electron chi connectivity index (χ1n) is 6.01. The van der Waals surface area contributed by atoms with Crippen LogP contribution >= 0.6 is 0 Å². The number of rotatable bonds is 3. The lowest BCUT2D eigenvalue weighted by Gasteiger charge is -2.27.